The Kier molecular flexibility index (Phi) is 64.2. The van der Waals surface area contributed by atoms with E-state index in [0.29, 0.717) is 19.3 Å². The lowest BCUT2D eigenvalue weighted by Gasteiger charge is -2.18. The van der Waals surface area contributed by atoms with Crippen molar-refractivity contribution >= 4 is 17.9 Å². The fraction of sp³-hybridized carbons (Fsp3) is 0.767. The molecule has 0 spiro atoms. The minimum atomic E-state index is -0.791. The first-order valence-electron chi connectivity index (χ1n) is 34.1. The normalized spacial score (nSPS) is 12.6. The maximum absolute atomic E-state index is 13.0. The van der Waals surface area contributed by atoms with E-state index < -0.39 is 6.10 Å². The van der Waals surface area contributed by atoms with Crippen LogP contribution in [-0.2, 0) is 28.6 Å². The van der Waals surface area contributed by atoms with Gasteiger partial charge >= 0.3 is 17.9 Å². The zero-order chi connectivity index (χ0) is 57.1. The first kappa shape index (κ1) is 75.6. The molecule has 0 aromatic heterocycles. The van der Waals surface area contributed by atoms with Crippen molar-refractivity contribution in [1.82, 2.24) is 0 Å². The van der Waals surface area contributed by atoms with Crippen molar-refractivity contribution in [3.05, 3.63) is 85.1 Å². The molecule has 0 aromatic rings. The summed E-state index contributed by atoms with van der Waals surface area (Å²) in [6.07, 6.45) is 88.8. The SMILES string of the molecule is CC/C=C\C/C=C\C/C=C\C/C=C\CCCCCCC(=O)OCC(COC(=O)CCCCCCCCCC/C=C\C/C=C\C/C=C\CCCCCCC)OC(=O)CCCCCCCCCCCCCCCCCCCCCCC. The predicted molar refractivity (Wildman–Crippen MR) is 344 cm³/mol. The highest BCUT2D eigenvalue weighted by molar-refractivity contribution is 5.71. The van der Waals surface area contributed by atoms with Crippen molar-refractivity contribution in [2.24, 2.45) is 0 Å². The molecule has 0 aliphatic carbocycles. The Bertz CT molecular complexity index is 1500. The molecular weight excluding hydrogens is 973 g/mol. The number of hydrogen-bond donors (Lipinski definition) is 0. The highest BCUT2D eigenvalue weighted by Crippen LogP contribution is 2.17. The molecule has 0 aliphatic heterocycles. The molecule has 0 saturated carbocycles. The molecule has 0 radical (unpaired) electrons. The molecule has 0 heterocycles. The number of ether oxygens (including phenoxy) is 3. The van der Waals surface area contributed by atoms with Gasteiger partial charge in [0.05, 0.1) is 0 Å². The summed E-state index contributed by atoms with van der Waals surface area (Å²) in [5.74, 6) is -0.899. The molecule has 6 heteroatoms. The summed E-state index contributed by atoms with van der Waals surface area (Å²) in [5.41, 5.74) is 0. The predicted octanol–water partition coefficient (Wildman–Crippen LogP) is 23.4. The van der Waals surface area contributed by atoms with Crippen molar-refractivity contribution < 1.29 is 28.6 Å². The van der Waals surface area contributed by atoms with Crippen LogP contribution < -0.4 is 0 Å². The van der Waals surface area contributed by atoms with Gasteiger partial charge in [-0.1, -0.05) is 311 Å². The van der Waals surface area contributed by atoms with Crippen LogP contribution in [0.15, 0.2) is 85.1 Å². The maximum Gasteiger partial charge on any atom is 0.306 e. The molecule has 0 rings (SSSR count). The quantitative estimate of drug-likeness (QED) is 0.0261. The molecule has 0 saturated heterocycles. The van der Waals surface area contributed by atoms with E-state index in [1.54, 1.807) is 0 Å². The molecule has 0 aromatic carbocycles. The molecule has 1 unspecified atom stereocenters. The first-order valence-corrected chi connectivity index (χ1v) is 34.1. The molecule has 456 valence electrons. The van der Waals surface area contributed by atoms with Crippen LogP contribution in [0.25, 0.3) is 0 Å². The largest absolute Gasteiger partial charge is 0.462 e. The van der Waals surface area contributed by atoms with E-state index in [4.69, 9.17) is 14.2 Å². The third-order valence-electron chi connectivity index (χ3n) is 14.9. The van der Waals surface area contributed by atoms with E-state index in [-0.39, 0.29) is 31.1 Å². The number of carbonyl (C=O) groups excluding carboxylic acids is 3. The minimum absolute atomic E-state index is 0.0860. The molecular formula is C73H128O6. The number of unbranched alkanes of at least 4 members (excludes halogenated alkanes) is 37. The van der Waals surface area contributed by atoms with Crippen molar-refractivity contribution in [2.45, 2.75) is 348 Å². The van der Waals surface area contributed by atoms with E-state index in [9.17, 15) is 14.4 Å². The molecule has 6 nitrogen and oxygen atoms in total. The molecule has 0 bridgehead atoms. The van der Waals surface area contributed by atoms with Gasteiger partial charge in [-0.3, -0.25) is 14.4 Å². The Morgan fingerprint density at radius 1 is 0.266 bits per heavy atom. The zero-order valence-corrected chi connectivity index (χ0v) is 52.4. The second-order valence-electron chi connectivity index (χ2n) is 22.7. The fourth-order valence-corrected chi connectivity index (χ4v) is 9.80. The highest BCUT2D eigenvalue weighted by Gasteiger charge is 2.19. The lowest BCUT2D eigenvalue weighted by atomic mass is 10.0. The molecule has 0 N–H and O–H groups in total. The summed E-state index contributed by atoms with van der Waals surface area (Å²) in [6, 6.07) is 0. The average molecular weight is 1100 g/mol. The summed E-state index contributed by atoms with van der Waals surface area (Å²) in [7, 11) is 0. The number of esters is 3. The van der Waals surface area contributed by atoms with Crippen molar-refractivity contribution in [1.29, 1.82) is 0 Å². The van der Waals surface area contributed by atoms with Gasteiger partial charge in [0.2, 0.25) is 0 Å². The number of allylic oxidation sites excluding steroid dienone is 14. The Hall–Kier alpha value is -3.41. The van der Waals surface area contributed by atoms with Crippen LogP contribution in [0, 0.1) is 0 Å². The number of carbonyl (C=O) groups is 3. The summed E-state index contributed by atoms with van der Waals surface area (Å²) in [4.78, 5) is 38.4. The third-order valence-corrected chi connectivity index (χ3v) is 14.9. The molecule has 0 fully saturated rings. The van der Waals surface area contributed by atoms with Crippen LogP contribution in [0.3, 0.4) is 0 Å². The standard InChI is InChI=1S/C73H128O6/c1-4-7-10-13-16-19-22-25-28-31-33-35-36-38-39-42-45-48-51-54-57-60-63-66-72(75)78-69-70(68-77-71(74)65-62-59-56-53-50-47-44-41-30-27-24-21-18-15-12-9-6-3)79-73(76)67-64-61-58-55-52-49-46-43-40-37-34-32-29-26-23-20-17-14-11-8-5-2/h9,12,18,21-22,25,27,30-31,33,36,38,44,47,70H,4-8,10-11,13-17,19-20,23-24,26,28-29,32,34-35,37,39-43,45-46,48-69H2,1-3H3/b12-9-,21-18-,25-22-,30-27-,33-31-,38-36-,47-44-. The average Bonchev–Trinajstić information content (AvgIpc) is 3.45. The van der Waals surface area contributed by atoms with E-state index in [0.717, 1.165) is 116 Å². The topological polar surface area (TPSA) is 78.9 Å². The lowest BCUT2D eigenvalue weighted by molar-refractivity contribution is -0.167. The monoisotopic (exact) mass is 1100 g/mol. The highest BCUT2D eigenvalue weighted by atomic mass is 16.6. The summed E-state index contributed by atoms with van der Waals surface area (Å²) >= 11 is 0. The van der Waals surface area contributed by atoms with Crippen molar-refractivity contribution in [3.63, 3.8) is 0 Å². The van der Waals surface area contributed by atoms with Gasteiger partial charge in [0.25, 0.3) is 0 Å². The second kappa shape index (κ2) is 67.1. The summed E-state index contributed by atoms with van der Waals surface area (Å²) in [5, 5.41) is 0. The van der Waals surface area contributed by atoms with Crippen LogP contribution >= 0.6 is 0 Å². The minimum Gasteiger partial charge on any atom is -0.462 e. The van der Waals surface area contributed by atoms with E-state index in [2.05, 4.69) is 106 Å². The Morgan fingerprint density at radius 2 is 0.494 bits per heavy atom. The molecule has 1 atom stereocenters. The van der Waals surface area contributed by atoms with E-state index in [1.807, 2.05) is 0 Å². The first-order chi connectivity index (χ1) is 39.0. The third kappa shape index (κ3) is 65.3. The summed E-state index contributed by atoms with van der Waals surface area (Å²) in [6.45, 7) is 6.54. The van der Waals surface area contributed by atoms with E-state index >= 15 is 0 Å². The molecule has 79 heavy (non-hydrogen) atoms. The van der Waals surface area contributed by atoms with Crippen molar-refractivity contribution in [3.8, 4) is 0 Å². The fourth-order valence-electron chi connectivity index (χ4n) is 9.80. The number of hydrogen-bond acceptors (Lipinski definition) is 6. The van der Waals surface area contributed by atoms with Gasteiger partial charge in [0.15, 0.2) is 6.10 Å². The van der Waals surface area contributed by atoms with Gasteiger partial charge in [0.1, 0.15) is 13.2 Å². The van der Waals surface area contributed by atoms with Crippen molar-refractivity contribution in [2.75, 3.05) is 13.2 Å². The van der Waals surface area contributed by atoms with Crippen LogP contribution in [0.2, 0.25) is 0 Å². The van der Waals surface area contributed by atoms with Gasteiger partial charge in [-0.05, 0) is 96.3 Å². The molecule has 0 aliphatic rings. The lowest BCUT2D eigenvalue weighted by Crippen LogP contribution is -2.30. The molecule has 0 amide bonds. The van der Waals surface area contributed by atoms with Gasteiger partial charge in [-0.15, -0.1) is 0 Å². The Morgan fingerprint density at radius 3 is 0.772 bits per heavy atom. The van der Waals surface area contributed by atoms with Crippen LogP contribution in [0.4, 0.5) is 0 Å². The van der Waals surface area contributed by atoms with Gasteiger partial charge in [-0.2, -0.15) is 0 Å². The smallest absolute Gasteiger partial charge is 0.306 e. The zero-order valence-electron chi connectivity index (χ0n) is 52.4. The maximum atomic E-state index is 13.0. The van der Waals surface area contributed by atoms with Gasteiger partial charge in [-0.25, -0.2) is 0 Å². The van der Waals surface area contributed by atoms with Gasteiger partial charge < -0.3 is 14.2 Å². The van der Waals surface area contributed by atoms with Gasteiger partial charge in [0, 0.05) is 19.3 Å². The van der Waals surface area contributed by atoms with Crippen LogP contribution in [0.5, 0.6) is 0 Å². The number of rotatable bonds is 62. The second-order valence-corrected chi connectivity index (χ2v) is 22.7. The Labute approximate surface area is 490 Å². The van der Waals surface area contributed by atoms with Crippen LogP contribution in [0.1, 0.15) is 342 Å². The van der Waals surface area contributed by atoms with E-state index in [1.165, 1.54) is 186 Å². The van der Waals surface area contributed by atoms with Crippen LogP contribution in [-0.4, -0.2) is 37.2 Å². The summed E-state index contributed by atoms with van der Waals surface area (Å²) < 4.78 is 17.0. The Balaban J connectivity index is 4.39.